The molecule has 0 aromatic carbocycles. The Labute approximate surface area is 126 Å². The molecule has 2 aromatic rings. The molecule has 0 radical (unpaired) electrons. The molecule has 0 saturated carbocycles. The van der Waals surface area contributed by atoms with Gasteiger partial charge in [0.2, 0.25) is 0 Å². The normalized spacial score (nSPS) is 11.8. The molecule has 2 heterocycles. The number of anilines is 1. The summed E-state index contributed by atoms with van der Waals surface area (Å²) < 4.78 is 3.92. The Kier molecular flexibility index (Phi) is 5.30. The van der Waals surface area contributed by atoms with Crippen molar-refractivity contribution >= 4 is 28.1 Å². The zero-order chi connectivity index (χ0) is 14.4. The van der Waals surface area contributed by atoms with Crippen LogP contribution in [0.4, 0.5) is 5.00 Å². The number of pyridine rings is 1. The fourth-order valence-electron chi connectivity index (χ4n) is 1.74. The Morgan fingerprint density at radius 1 is 1.50 bits per heavy atom. The predicted molar refractivity (Wildman–Crippen MR) is 78.8 cm³/mol. The Morgan fingerprint density at radius 3 is 3.00 bits per heavy atom. The number of hydrogen-bond acceptors (Lipinski definition) is 6. The third-order valence-electron chi connectivity index (χ3n) is 2.80. The Balaban J connectivity index is 1.96. The van der Waals surface area contributed by atoms with Crippen molar-refractivity contribution in [1.29, 1.82) is 5.26 Å². The second kappa shape index (κ2) is 7.20. The van der Waals surface area contributed by atoms with Crippen LogP contribution in [-0.4, -0.2) is 27.6 Å². The molecule has 0 fully saturated rings. The summed E-state index contributed by atoms with van der Waals surface area (Å²) in [6.45, 7) is 0.568. The summed E-state index contributed by atoms with van der Waals surface area (Å²) in [5, 5.41) is 22.4. The Bertz CT molecular complexity index is 596. The van der Waals surface area contributed by atoms with Gasteiger partial charge in [0.1, 0.15) is 16.6 Å². The number of nitrogens with one attached hydrogen (secondary N) is 1. The van der Waals surface area contributed by atoms with E-state index in [1.165, 1.54) is 0 Å². The number of halogens is 1. The van der Waals surface area contributed by atoms with Gasteiger partial charge in [-0.2, -0.15) is 9.64 Å². The van der Waals surface area contributed by atoms with Crippen LogP contribution in [0.25, 0.3) is 0 Å². The zero-order valence-corrected chi connectivity index (χ0v) is 12.2. The minimum Gasteiger partial charge on any atom is -0.396 e. The number of nitriles is 1. The first kappa shape index (κ1) is 14.7. The average molecular weight is 309 g/mol. The molecule has 1 atom stereocenters. The van der Waals surface area contributed by atoms with Crippen molar-refractivity contribution in [3.05, 3.63) is 40.8 Å². The van der Waals surface area contributed by atoms with Crippen LogP contribution in [0.3, 0.4) is 0 Å². The number of nitrogens with zero attached hydrogens (tertiary/aromatic N) is 3. The van der Waals surface area contributed by atoms with Crippen LogP contribution in [0.5, 0.6) is 0 Å². The molecule has 0 amide bonds. The average Bonchev–Trinajstić information content (AvgIpc) is 2.84. The van der Waals surface area contributed by atoms with Crippen molar-refractivity contribution in [3.63, 3.8) is 0 Å². The van der Waals surface area contributed by atoms with Gasteiger partial charge in [-0.3, -0.25) is 4.98 Å². The van der Waals surface area contributed by atoms with Crippen molar-refractivity contribution in [2.45, 2.75) is 6.42 Å². The van der Waals surface area contributed by atoms with Crippen molar-refractivity contribution in [2.24, 2.45) is 5.92 Å². The predicted octanol–water partition coefficient (Wildman–Crippen LogP) is 2.33. The third-order valence-corrected chi connectivity index (χ3v) is 3.97. The molecule has 5 nitrogen and oxygen atoms in total. The molecule has 2 aromatic heterocycles. The summed E-state index contributed by atoms with van der Waals surface area (Å²) in [6, 6.07) is 7.71. The van der Waals surface area contributed by atoms with Gasteiger partial charge in [-0.05, 0) is 30.1 Å². The van der Waals surface area contributed by atoms with E-state index in [0.717, 1.165) is 17.2 Å². The van der Waals surface area contributed by atoms with Gasteiger partial charge < -0.3 is 10.4 Å². The van der Waals surface area contributed by atoms with E-state index in [4.69, 9.17) is 16.9 Å². The monoisotopic (exact) mass is 308 g/mol. The molecular formula is C13H13ClN4OS. The molecule has 0 aliphatic carbocycles. The maximum Gasteiger partial charge on any atom is 0.162 e. The lowest BCUT2D eigenvalue weighted by Gasteiger charge is -2.14. The maximum atomic E-state index is 9.43. The first-order chi connectivity index (χ1) is 9.74. The molecule has 0 aliphatic heterocycles. The molecule has 104 valence electrons. The number of hydrogen-bond donors (Lipinski definition) is 2. The molecule has 0 saturated heterocycles. The van der Waals surface area contributed by atoms with E-state index in [-0.39, 0.29) is 17.7 Å². The zero-order valence-electron chi connectivity index (χ0n) is 10.6. The molecule has 1 unspecified atom stereocenters. The lowest BCUT2D eigenvalue weighted by Crippen LogP contribution is -2.20. The molecule has 2 rings (SSSR count). The van der Waals surface area contributed by atoms with Gasteiger partial charge >= 0.3 is 0 Å². The second-order valence-corrected chi connectivity index (χ2v) is 5.38. The van der Waals surface area contributed by atoms with Crippen molar-refractivity contribution in [2.75, 3.05) is 18.5 Å². The van der Waals surface area contributed by atoms with Crippen LogP contribution in [0.1, 0.15) is 11.3 Å². The fraction of sp³-hybridized carbons (Fsp3) is 0.308. The fourth-order valence-corrected chi connectivity index (χ4v) is 2.68. The Morgan fingerprint density at radius 2 is 2.35 bits per heavy atom. The van der Waals surface area contributed by atoms with Gasteiger partial charge in [0, 0.05) is 31.0 Å². The summed E-state index contributed by atoms with van der Waals surface area (Å²) in [5.74, 6) is 0.0114. The highest BCUT2D eigenvalue weighted by atomic mass is 35.5. The van der Waals surface area contributed by atoms with Crippen molar-refractivity contribution < 1.29 is 5.11 Å². The van der Waals surface area contributed by atoms with Crippen LogP contribution < -0.4 is 5.32 Å². The van der Waals surface area contributed by atoms with Crippen LogP contribution in [0.2, 0.25) is 5.15 Å². The first-order valence-corrected chi connectivity index (χ1v) is 7.19. The minimum absolute atomic E-state index is 0.0114. The summed E-state index contributed by atoms with van der Waals surface area (Å²) in [5.41, 5.74) is 1.28. The topological polar surface area (TPSA) is 81.8 Å². The largest absolute Gasteiger partial charge is 0.396 e. The van der Waals surface area contributed by atoms with Gasteiger partial charge in [0.05, 0.1) is 0 Å². The van der Waals surface area contributed by atoms with E-state index in [1.807, 2.05) is 24.3 Å². The molecule has 7 heteroatoms. The number of aliphatic hydroxyl groups excluding tert-OH is 1. The summed E-state index contributed by atoms with van der Waals surface area (Å²) in [7, 11) is 0. The van der Waals surface area contributed by atoms with E-state index >= 15 is 0 Å². The van der Waals surface area contributed by atoms with Crippen LogP contribution >= 0.6 is 23.1 Å². The standard InChI is InChI=1S/C13H13ClN4OS/c14-12-11(6-15)13(20-18-12)17-7-9(8-19)5-10-3-1-2-4-16-10/h1-4,9,17,19H,5,7-8H2. The SMILES string of the molecule is N#Cc1c(Cl)nsc1NCC(CO)Cc1ccccn1. The van der Waals surface area contributed by atoms with E-state index in [1.54, 1.807) is 6.20 Å². The van der Waals surface area contributed by atoms with E-state index in [9.17, 15) is 5.11 Å². The highest BCUT2D eigenvalue weighted by Gasteiger charge is 2.14. The quantitative estimate of drug-likeness (QED) is 0.856. The lowest BCUT2D eigenvalue weighted by atomic mass is 10.0. The van der Waals surface area contributed by atoms with Gasteiger partial charge in [-0.25, -0.2) is 0 Å². The molecule has 20 heavy (non-hydrogen) atoms. The van der Waals surface area contributed by atoms with Gasteiger partial charge in [0.15, 0.2) is 5.15 Å². The first-order valence-electron chi connectivity index (χ1n) is 6.04. The molecule has 0 spiro atoms. The van der Waals surface area contributed by atoms with E-state index < -0.39 is 0 Å². The van der Waals surface area contributed by atoms with Crippen LogP contribution in [0, 0.1) is 17.2 Å². The summed E-state index contributed by atoms with van der Waals surface area (Å²) >= 11 is 6.95. The molecular weight excluding hydrogens is 296 g/mol. The minimum atomic E-state index is 0.0114. The van der Waals surface area contributed by atoms with Crippen LogP contribution in [0.15, 0.2) is 24.4 Å². The maximum absolute atomic E-state index is 9.43. The smallest absolute Gasteiger partial charge is 0.162 e. The highest BCUT2D eigenvalue weighted by molar-refractivity contribution is 7.10. The number of aliphatic hydroxyl groups is 1. The highest BCUT2D eigenvalue weighted by Crippen LogP contribution is 2.27. The molecule has 2 N–H and O–H groups in total. The van der Waals surface area contributed by atoms with E-state index in [2.05, 4.69) is 14.7 Å². The lowest BCUT2D eigenvalue weighted by molar-refractivity contribution is 0.232. The van der Waals surface area contributed by atoms with Gasteiger partial charge in [0.25, 0.3) is 0 Å². The summed E-state index contributed by atoms with van der Waals surface area (Å²) in [6.07, 6.45) is 2.40. The van der Waals surface area contributed by atoms with Crippen molar-refractivity contribution in [1.82, 2.24) is 9.36 Å². The number of aromatic nitrogens is 2. The third kappa shape index (κ3) is 3.67. The van der Waals surface area contributed by atoms with E-state index in [0.29, 0.717) is 23.5 Å². The van der Waals surface area contributed by atoms with Crippen molar-refractivity contribution in [3.8, 4) is 6.07 Å². The molecule has 0 bridgehead atoms. The number of rotatable bonds is 6. The van der Waals surface area contributed by atoms with Gasteiger partial charge in [-0.15, -0.1) is 0 Å². The summed E-state index contributed by atoms with van der Waals surface area (Å²) in [4.78, 5) is 4.24. The van der Waals surface area contributed by atoms with Gasteiger partial charge in [-0.1, -0.05) is 17.7 Å². The Hall–Kier alpha value is -1.68. The molecule has 0 aliphatic rings. The van der Waals surface area contributed by atoms with Crippen LogP contribution in [-0.2, 0) is 6.42 Å². The second-order valence-electron chi connectivity index (χ2n) is 4.24.